The van der Waals surface area contributed by atoms with Crippen molar-refractivity contribution >= 4 is 11.9 Å². The first-order valence-corrected chi connectivity index (χ1v) is 6.17. The standard InChI is InChI=1S/C11H18O10/c12-3-5-6(13)7(14)8(15)11(21-5)20-2-1-4(9(16)17)10(18)19/h4-8,11-15H,1-3H2,(H,16,17)(H,18,19)/t5-,6+,7+,8-,11?/m1/s1. The quantitative estimate of drug-likeness (QED) is 0.265. The molecule has 1 heterocycles. The van der Waals surface area contributed by atoms with Gasteiger partial charge in [-0.2, -0.15) is 0 Å². The second-order valence-corrected chi connectivity index (χ2v) is 4.59. The highest BCUT2D eigenvalue weighted by atomic mass is 16.7. The smallest absolute Gasteiger partial charge is 0.317 e. The molecule has 5 atom stereocenters. The molecule has 10 heteroatoms. The summed E-state index contributed by atoms with van der Waals surface area (Å²) in [6.07, 6.45) is -7.70. The van der Waals surface area contributed by atoms with Gasteiger partial charge in [0.1, 0.15) is 24.4 Å². The number of aliphatic hydroxyl groups excluding tert-OH is 4. The lowest BCUT2D eigenvalue weighted by atomic mass is 9.99. The van der Waals surface area contributed by atoms with Crippen molar-refractivity contribution in [2.75, 3.05) is 13.2 Å². The third kappa shape index (κ3) is 4.33. The van der Waals surface area contributed by atoms with Crippen LogP contribution >= 0.6 is 0 Å². The lowest BCUT2D eigenvalue weighted by Crippen LogP contribution is -2.59. The topological polar surface area (TPSA) is 174 Å². The number of ether oxygens (including phenoxy) is 2. The molecule has 122 valence electrons. The summed E-state index contributed by atoms with van der Waals surface area (Å²) in [6.45, 7) is -0.996. The van der Waals surface area contributed by atoms with Gasteiger partial charge >= 0.3 is 11.9 Å². The van der Waals surface area contributed by atoms with Gasteiger partial charge < -0.3 is 40.1 Å². The van der Waals surface area contributed by atoms with Crippen molar-refractivity contribution in [1.82, 2.24) is 0 Å². The monoisotopic (exact) mass is 310 g/mol. The molecule has 0 saturated carbocycles. The van der Waals surface area contributed by atoms with Gasteiger partial charge in [0.25, 0.3) is 0 Å². The Balaban J connectivity index is 2.54. The largest absolute Gasteiger partial charge is 0.481 e. The molecular weight excluding hydrogens is 292 g/mol. The fourth-order valence-electron chi connectivity index (χ4n) is 1.86. The minimum atomic E-state index is -1.67. The number of carbonyl (C=O) groups is 2. The Kier molecular flexibility index (Phi) is 6.45. The first-order valence-electron chi connectivity index (χ1n) is 6.17. The molecule has 6 N–H and O–H groups in total. The molecule has 1 unspecified atom stereocenters. The maximum atomic E-state index is 10.7. The zero-order valence-corrected chi connectivity index (χ0v) is 10.9. The predicted octanol–water partition coefficient (Wildman–Crippen LogP) is -3.02. The SMILES string of the molecule is O=C(O)C(CCOC1O[C@H](CO)[C@H](O)[C@H](O)[C@H]1O)C(=O)O. The molecule has 0 bridgehead atoms. The first kappa shape index (κ1) is 17.8. The van der Waals surface area contributed by atoms with E-state index in [1.54, 1.807) is 0 Å². The summed E-state index contributed by atoms with van der Waals surface area (Å²) >= 11 is 0. The number of aliphatic carboxylic acids is 2. The van der Waals surface area contributed by atoms with Crippen LogP contribution in [0.5, 0.6) is 0 Å². The van der Waals surface area contributed by atoms with Crippen molar-refractivity contribution in [2.24, 2.45) is 5.92 Å². The molecule has 0 aromatic heterocycles. The van der Waals surface area contributed by atoms with E-state index in [9.17, 15) is 24.9 Å². The minimum absolute atomic E-state index is 0.369. The van der Waals surface area contributed by atoms with E-state index in [-0.39, 0.29) is 13.0 Å². The molecule has 1 fully saturated rings. The van der Waals surface area contributed by atoms with E-state index in [0.717, 1.165) is 0 Å². The van der Waals surface area contributed by atoms with Gasteiger partial charge in [-0.05, 0) is 6.42 Å². The fourth-order valence-corrected chi connectivity index (χ4v) is 1.86. The highest BCUT2D eigenvalue weighted by Crippen LogP contribution is 2.22. The summed E-state index contributed by atoms with van der Waals surface area (Å²) in [5.74, 6) is -4.73. The molecule has 0 aromatic rings. The Hall–Kier alpha value is -1.30. The van der Waals surface area contributed by atoms with Gasteiger partial charge in [-0.3, -0.25) is 9.59 Å². The normalized spacial score (nSPS) is 33.1. The number of carboxylic acid groups (broad SMARTS) is 2. The van der Waals surface area contributed by atoms with Crippen molar-refractivity contribution in [3.8, 4) is 0 Å². The maximum absolute atomic E-state index is 10.7. The van der Waals surface area contributed by atoms with Gasteiger partial charge in [-0.25, -0.2) is 0 Å². The molecule has 1 aliphatic heterocycles. The van der Waals surface area contributed by atoms with Crippen LogP contribution in [-0.4, -0.2) is 86.5 Å². The second kappa shape index (κ2) is 7.64. The van der Waals surface area contributed by atoms with Crippen LogP contribution in [-0.2, 0) is 19.1 Å². The van der Waals surface area contributed by atoms with Crippen molar-refractivity contribution in [1.29, 1.82) is 0 Å². The number of aliphatic hydroxyl groups is 4. The zero-order valence-electron chi connectivity index (χ0n) is 10.9. The van der Waals surface area contributed by atoms with Crippen LogP contribution in [0.3, 0.4) is 0 Å². The molecule has 0 radical (unpaired) electrons. The average Bonchev–Trinajstić information content (AvgIpc) is 2.42. The van der Waals surface area contributed by atoms with E-state index >= 15 is 0 Å². The summed E-state index contributed by atoms with van der Waals surface area (Å²) < 4.78 is 10.0. The van der Waals surface area contributed by atoms with Crippen molar-refractivity contribution < 1.29 is 49.7 Å². The van der Waals surface area contributed by atoms with Crippen molar-refractivity contribution in [3.05, 3.63) is 0 Å². The molecule has 0 aromatic carbocycles. The highest BCUT2D eigenvalue weighted by molar-refractivity contribution is 5.92. The van der Waals surface area contributed by atoms with Gasteiger partial charge in [0.2, 0.25) is 0 Å². The van der Waals surface area contributed by atoms with Crippen LogP contribution in [0.15, 0.2) is 0 Å². The Labute approximate surface area is 119 Å². The van der Waals surface area contributed by atoms with E-state index < -0.39 is 55.2 Å². The van der Waals surface area contributed by atoms with Gasteiger partial charge in [0, 0.05) is 0 Å². The Morgan fingerprint density at radius 2 is 1.62 bits per heavy atom. The summed E-state index contributed by atoms with van der Waals surface area (Å²) in [6, 6.07) is 0. The lowest BCUT2D eigenvalue weighted by Gasteiger charge is -2.39. The van der Waals surface area contributed by atoms with E-state index in [1.807, 2.05) is 0 Å². The molecule has 1 saturated heterocycles. The Bertz CT molecular complexity index is 356. The van der Waals surface area contributed by atoms with E-state index in [0.29, 0.717) is 0 Å². The molecule has 10 nitrogen and oxygen atoms in total. The Morgan fingerprint density at radius 1 is 1.05 bits per heavy atom. The van der Waals surface area contributed by atoms with Gasteiger partial charge in [0.15, 0.2) is 12.2 Å². The van der Waals surface area contributed by atoms with Crippen LogP contribution in [0, 0.1) is 5.92 Å². The van der Waals surface area contributed by atoms with E-state index in [2.05, 4.69) is 0 Å². The number of hydrogen-bond donors (Lipinski definition) is 6. The molecule has 1 aliphatic rings. The third-order valence-electron chi connectivity index (χ3n) is 3.13. The van der Waals surface area contributed by atoms with Crippen LogP contribution in [0.1, 0.15) is 6.42 Å². The number of rotatable bonds is 7. The molecule has 21 heavy (non-hydrogen) atoms. The van der Waals surface area contributed by atoms with Crippen LogP contribution in [0.4, 0.5) is 0 Å². The molecule has 0 aliphatic carbocycles. The van der Waals surface area contributed by atoms with E-state index in [4.69, 9.17) is 24.8 Å². The highest BCUT2D eigenvalue weighted by Gasteiger charge is 2.44. The zero-order chi connectivity index (χ0) is 16.2. The van der Waals surface area contributed by atoms with Crippen LogP contribution < -0.4 is 0 Å². The second-order valence-electron chi connectivity index (χ2n) is 4.59. The summed E-state index contributed by atoms with van der Waals surface area (Å²) in [5.41, 5.74) is 0. The van der Waals surface area contributed by atoms with Crippen molar-refractivity contribution in [2.45, 2.75) is 37.1 Å². The van der Waals surface area contributed by atoms with Crippen LogP contribution in [0.25, 0.3) is 0 Å². The number of carboxylic acids is 2. The molecule has 0 amide bonds. The summed E-state index contributed by atoms with van der Waals surface area (Å²) in [7, 11) is 0. The molecule has 1 rings (SSSR count). The lowest BCUT2D eigenvalue weighted by molar-refractivity contribution is -0.301. The predicted molar refractivity (Wildman–Crippen MR) is 63.1 cm³/mol. The summed E-state index contributed by atoms with van der Waals surface area (Å²) in [5, 5.41) is 54.9. The third-order valence-corrected chi connectivity index (χ3v) is 3.13. The maximum Gasteiger partial charge on any atom is 0.317 e. The van der Waals surface area contributed by atoms with E-state index in [1.165, 1.54) is 0 Å². The number of hydrogen-bond acceptors (Lipinski definition) is 8. The Morgan fingerprint density at radius 3 is 2.10 bits per heavy atom. The van der Waals surface area contributed by atoms with Gasteiger partial charge in [0.05, 0.1) is 13.2 Å². The van der Waals surface area contributed by atoms with Crippen LogP contribution in [0.2, 0.25) is 0 Å². The summed E-state index contributed by atoms with van der Waals surface area (Å²) in [4.78, 5) is 21.3. The minimum Gasteiger partial charge on any atom is -0.481 e. The first-order chi connectivity index (χ1) is 9.79. The van der Waals surface area contributed by atoms with Crippen molar-refractivity contribution in [3.63, 3.8) is 0 Å². The van der Waals surface area contributed by atoms with Gasteiger partial charge in [-0.15, -0.1) is 0 Å². The average molecular weight is 310 g/mol. The van der Waals surface area contributed by atoms with Gasteiger partial charge in [-0.1, -0.05) is 0 Å². The fraction of sp³-hybridized carbons (Fsp3) is 0.818. The molecular formula is C11H18O10. The molecule has 0 spiro atoms.